The summed E-state index contributed by atoms with van der Waals surface area (Å²) in [5.41, 5.74) is 3.43. The molecule has 0 spiro atoms. The van der Waals surface area contributed by atoms with Crippen LogP contribution < -0.4 is 10.6 Å². The quantitative estimate of drug-likeness (QED) is 0.846. The topological polar surface area (TPSA) is 41.1 Å². The van der Waals surface area contributed by atoms with Crippen molar-refractivity contribution < 1.29 is 4.79 Å². The fraction of sp³-hybridized carbons (Fsp3) is 0.308. The molecule has 0 heterocycles. The van der Waals surface area contributed by atoms with Gasteiger partial charge in [0, 0.05) is 30.7 Å². The lowest BCUT2D eigenvalue weighted by Crippen LogP contribution is -2.18. The van der Waals surface area contributed by atoms with E-state index in [1.807, 2.05) is 30.3 Å². The Morgan fingerprint density at radius 2 is 2.29 bits per heavy atom. The minimum absolute atomic E-state index is 0.0622. The lowest BCUT2D eigenvalue weighted by molar-refractivity contribution is -0.114. The van der Waals surface area contributed by atoms with E-state index in [1.54, 1.807) is 0 Å². The third kappa shape index (κ3) is 5.02. The van der Waals surface area contributed by atoms with Crippen LogP contribution in [-0.4, -0.2) is 12.5 Å². The lowest BCUT2D eigenvalue weighted by Gasteiger charge is -2.14. The van der Waals surface area contributed by atoms with Gasteiger partial charge < -0.3 is 10.6 Å². The number of rotatable bonds is 5. The van der Waals surface area contributed by atoms with E-state index in [1.165, 1.54) is 12.5 Å². The van der Waals surface area contributed by atoms with Gasteiger partial charge in [-0.3, -0.25) is 4.79 Å². The van der Waals surface area contributed by atoms with Gasteiger partial charge in [-0.25, -0.2) is 0 Å². The summed E-state index contributed by atoms with van der Waals surface area (Å²) in [6.45, 7) is 4.28. The minimum Gasteiger partial charge on any atom is -0.326 e. The van der Waals surface area contributed by atoms with Crippen LogP contribution in [0.2, 0.25) is 0 Å². The Bertz CT molecular complexity index is 404. The highest BCUT2D eigenvalue weighted by atomic mass is 35.5. The van der Waals surface area contributed by atoms with Crippen LogP contribution >= 0.6 is 11.6 Å². The summed E-state index contributed by atoms with van der Waals surface area (Å²) in [6.07, 6.45) is 1.84. The molecule has 0 saturated carbocycles. The zero-order chi connectivity index (χ0) is 12.7. The van der Waals surface area contributed by atoms with Crippen molar-refractivity contribution in [2.24, 2.45) is 0 Å². The average molecular weight is 253 g/mol. The van der Waals surface area contributed by atoms with E-state index in [0.29, 0.717) is 0 Å². The number of hydrogen-bond acceptors (Lipinski definition) is 2. The van der Waals surface area contributed by atoms with Gasteiger partial charge in [0.2, 0.25) is 5.91 Å². The van der Waals surface area contributed by atoms with Crippen LogP contribution in [0.4, 0.5) is 5.69 Å². The number of halogens is 1. The summed E-state index contributed by atoms with van der Waals surface area (Å²) in [7, 11) is 0. The Kier molecular flexibility index (Phi) is 5.73. The first-order valence-electron chi connectivity index (χ1n) is 5.49. The monoisotopic (exact) mass is 252 g/mol. The normalized spacial score (nSPS) is 12.6. The van der Waals surface area contributed by atoms with Crippen molar-refractivity contribution in [3.63, 3.8) is 0 Å². The number of benzene rings is 1. The molecule has 1 amide bonds. The van der Waals surface area contributed by atoms with Crippen LogP contribution in [0.3, 0.4) is 0 Å². The molecule has 0 saturated heterocycles. The molecular formula is C13H17ClN2O. The first-order chi connectivity index (χ1) is 8.13. The molecule has 0 aliphatic heterocycles. The van der Waals surface area contributed by atoms with Crippen LogP contribution in [0, 0.1) is 0 Å². The highest BCUT2D eigenvalue weighted by Crippen LogP contribution is 2.17. The average Bonchev–Trinajstić information content (AvgIpc) is 2.28. The second-order valence-corrected chi connectivity index (χ2v) is 4.05. The molecule has 0 aliphatic carbocycles. The van der Waals surface area contributed by atoms with Crippen molar-refractivity contribution in [2.75, 3.05) is 11.9 Å². The van der Waals surface area contributed by atoms with E-state index in [-0.39, 0.29) is 11.9 Å². The molecule has 0 fully saturated rings. The smallest absolute Gasteiger partial charge is 0.221 e. The van der Waals surface area contributed by atoms with Gasteiger partial charge in [-0.2, -0.15) is 0 Å². The van der Waals surface area contributed by atoms with Gasteiger partial charge in [0.15, 0.2) is 0 Å². The van der Waals surface area contributed by atoms with Crippen molar-refractivity contribution in [1.82, 2.24) is 5.32 Å². The lowest BCUT2D eigenvalue weighted by atomic mass is 10.1. The fourth-order valence-electron chi connectivity index (χ4n) is 1.50. The zero-order valence-corrected chi connectivity index (χ0v) is 10.8. The Morgan fingerprint density at radius 3 is 2.94 bits per heavy atom. The highest BCUT2D eigenvalue weighted by Gasteiger charge is 2.04. The predicted molar refractivity (Wildman–Crippen MR) is 72.2 cm³/mol. The summed E-state index contributed by atoms with van der Waals surface area (Å²) in [4.78, 5) is 11.0. The SMILES string of the molecule is CC(=O)Nc1cccc(C(C)NC/C=C/Cl)c1. The van der Waals surface area contributed by atoms with Crippen molar-refractivity contribution in [1.29, 1.82) is 0 Å². The number of carbonyl (C=O) groups excluding carboxylic acids is 1. The molecule has 0 aromatic heterocycles. The van der Waals surface area contributed by atoms with Crippen LogP contribution in [0.25, 0.3) is 0 Å². The first kappa shape index (κ1) is 13.7. The third-order valence-corrected chi connectivity index (χ3v) is 2.52. The molecule has 0 bridgehead atoms. The summed E-state index contributed by atoms with van der Waals surface area (Å²) >= 11 is 5.45. The van der Waals surface area contributed by atoms with Crippen LogP contribution in [0.15, 0.2) is 35.9 Å². The van der Waals surface area contributed by atoms with E-state index >= 15 is 0 Å². The Morgan fingerprint density at radius 1 is 1.53 bits per heavy atom. The number of carbonyl (C=O) groups is 1. The highest BCUT2D eigenvalue weighted by molar-refractivity contribution is 6.25. The Hall–Kier alpha value is -1.32. The van der Waals surface area contributed by atoms with E-state index in [9.17, 15) is 4.79 Å². The number of anilines is 1. The number of amides is 1. The molecule has 1 unspecified atom stereocenters. The fourth-order valence-corrected chi connectivity index (χ4v) is 1.59. The molecule has 4 heteroatoms. The molecule has 1 atom stereocenters. The van der Waals surface area contributed by atoms with Crippen molar-refractivity contribution in [2.45, 2.75) is 19.9 Å². The van der Waals surface area contributed by atoms with E-state index in [0.717, 1.165) is 17.8 Å². The molecule has 1 rings (SSSR count). The Balaban J connectivity index is 2.66. The Labute approximate surface area is 107 Å². The molecule has 0 radical (unpaired) electrons. The van der Waals surface area contributed by atoms with Gasteiger partial charge in [-0.05, 0) is 24.6 Å². The van der Waals surface area contributed by atoms with Crippen LogP contribution in [0.5, 0.6) is 0 Å². The van der Waals surface area contributed by atoms with Gasteiger partial charge in [-0.1, -0.05) is 29.8 Å². The molecule has 1 aromatic rings. The summed E-state index contributed by atoms with van der Waals surface area (Å²) in [6, 6.07) is 7.99. The maximum atomic E-state index is 11.0. The summed E-state index contributed by atoms with van der Waals surface area (Å²) < 4.78 is 0. The van der Waals surface area contributed by atoms with Crippen LogP contribution in [0.1, 0.15) is 25.5 Å². The molecular weight excluding hydrogens is 236 g/mol. The summed E-state index contributed by atoms with van der Waals surface area (Å²) in [5, 5.41) is 6.06. The molecule has 92 valence electrons. The number of hydrogen-bond donors (Lipinski definition) is 2. The van der Waals surface area contributed by atoms with E-state index in [2.05, 4.69) is 17.6 Å². The predicted octanol–water partition coefficient (Wildman–Crippen LogP) is 3.05. The zero-order valence-electron chi connectivity index (χ0n) is 10.0. The van der Waals surface area contributed by atoms with Gasteiger partial charge in [-0.15, -0.1) is 0 Å². The summed E-state index contributed by atoms with van der Waals surface area (Å²) in [5.74, 6) is -0.0622. The first-order valence-corrected chi connectivity index (χ1v) is 5.93. The van der Waals surface area contributed by atoms with Gasteiger partial charge >= 0.3 is 0 Å². The van der Waals surface area contributed by atoms with E-state index in [4.69, 9.17) is 11.6 Å². The second kappa shape index (κ2) is 7.09. The molecule has 1 aromatic carbocycles. The van der Waals surface area contributed by atoms with Crippen LogP contribution in [-0.2, 0) is 4.79 Å². The molecule has 2 N–H and O–H groups in total. The van der Waals surface area contributed by atoms with Gasteiger partial charge in [0.1, 0.15) is 0 Å². The maximum Gasteiger partial charge on any atom is 0.221 e. The number of nitrogens with one attached hydrogen (secondary N) is 2. The molecule has 3 nitrogen and oxygen atoms in total. The standard InChI is InChI=1S/C13H17ClN2O/c1-10(15-8-4-7-14)12-5-3-6-13(9-12)16-11(2)17/h3-7,9-10,15H,8H2,1-2H3,(H,16,17)/b7-4+. The van der Waals surface area contributed by atoms with Crippen molar-refractivity contribution >= 4 is 23.2 Å². The maximum absolute atomic E-state index is 11.0. The minimum atomic E-state index is -0.0622. The second-order valence-electron chi connectivity index (χ2n) is 3.80. The van der Waals surface area contributed by atoms with Crippen molar-refractivity contribution in [3.8, 4) is 0 Å². The van der Waals surface area contributed by atoms with E-state index < -0.39 is 0 Å². The van der Waals surface area contributed by atoms with Crippen molar-refractivity contribution in [3.05, 3.63) is 41.4 Å². The van der Waals surface area contributed by atoms with Gasteiger partial charge in [0.05, 0.1) is 0 Å². The third-order valence-electron chi connectivity index (χ3n) is 2.34. The largest absolute Gasteiger partial charge is 0.326 e. The van der Waals surface area contributed by atoms with Gasteiger partial charge in [0.25, 0.3) is 0 Å². The molecule has 17 heavy (non-hydrogen) atoms. The molecule has 0 aliphatic rings.